The number of ether oxygens (including phenoxy) is 1. The highest BCUT2D eigenvalue weighted by molar-refractivity contribution is 5.69. The molecule has 0 fully saturated rings. The lowest BCUT2D eigenvalue weighted by Crippen LogP contribution is -2.06. The van der Waals surface area contributed by atoms with Gasteiger partial charge in [0.15, 0.2) is 11.6 Å². The van der Waals surface area contributed by atoms with Crippen LogP contribution < -0.4 is 5.73 Å². The van der Waals surface area contributed by atoms with E-state index in [1.54, 1.807) is 12.1 Å². The Bertz CT molecular complexity index is 627. The molecule has 5 heteroatoms. The SMILES string of the molecule is Nc1ccc(CCC(=O)OCc2ccc(F)c(F)c2)cc1. The van der Waals surface area contributed by atoms with E-state index < -0.39 is 17.6 Å². The molecule has 0 bridgehead atoms. The number of rotatable bonds is 5. The van der Waals surface area contributed by atoms with Crippen molar-refractivity contribution in [3.8, 4) is 0 Å². The van der Waals surface area contributed by atoms with Crippen molar-refractivity contribution in [2.45, 2.75) is 19.4 Å². The minimum Gasteiger partial charge on any atom is -0.461 e. The molecular formula is C16H15F2NO2. The van der Waals surface area contributed by atoms with E-state index in [4.69, 9.17) is 10.5 Å². The fourth-order valence-electron chi connectivity index (χ4n) is 1.80. The number of nitrogens with two attached hydrogens (primary N) is 1. The molecule has 0 aliphatic carbocycles. The number of aryl methyl sites for hydroxylation is 1. The van der Waals surface area contributed by atoms with Crippen molar-refractivity contribution in [2.75, 3.05) is 5.73 Å². The summed E-state index contributed by atoms with van der Waals surface area (Å²) in [5.41, 5.74) is 7.63. The normalized spacial score (nSPS) is 10.4. The molecular weight excluding hydrogens is 276 g/mol. The van der Waals surface area contributed by atoms with Gasteiger partial charge in [0.05, 0.1) is 0 Å². The van der Waals surface area contributed by atoms with Gasteiger partial charge >= 0.3 is 5.97 Å². The van der Waals surface area contributed by atoms with Crippen molar-refractivity contribution in [2.24, 2.45) is 0 Å². The molecule has 3 nitrogen and oxygen atoms in total. The third kappa shape index (κ3) is 4.56. The Morgan fingerprint density at radius 1 is 1.00 bits per heavy atom. The van der Waals surface area contributed by atoms with Gasteiger partial charge in [-0.05, 0) is 41.8 Å². The maximum absolute atomic E-state index is 13.0. The van der Waals surface area contributed by atoms with E-state index in [2.05, 4.69) is 0 Å². The van der Waals surface area contributed by atoms with Gasteiger partial charge in [0.1, 0.15) is 6.61 Å². The van der Waals surface area contributed by atoms with E-state index in [0.29, 0.717) is 17.7 Å². The second-order valence-corrected chi connectivity index (χ2v) is 4.65. The second kappa shape index (κ2) is 6.83. The highest BCUT2D eigenvalue weighted by Gasteiger charge is 2.07. The molecule has 0 aliphatic rings. The molecule has 2 aromatic rings. The van der Waals surface area contributed by atoms with Crippen LogP contribution in [0.3, 0.4) is 0 Å². The van der Waals surface area contributed by atoms with E-state index in [9.17, 15) is 13.6 Å². The predicted molar refractivity (Wildman–Crippen MR) is 75.3 cm³/mol. The Hall–Kier alpha value is -2.43. The smallest absolute Gasteiger partial charge is 0.306 e. The molecule has 0 unspecified atom stereocenters. The zero-order valence-corrected chi connectivity index (χ0v) is 11.3. The monoisotopic (exact) mass is 291 g/mol. The Morgan fingerprint density at radius 2 is 1.67 bits per heavy atom. The lowest BCUT2D eigenvalue weighted by atomic mass is 10.1. The number of benzene rings is 2. The lowest BCUT2D eigenvalue weighted by molar-refractivity contribution is -0.144. The van der Waals surface area contributed by atoms with Gasteiger partial charge in [-0.3, -0.25) is 4.79 Å². The van der Waals surface area contributed by atoms with Gasteiger partial charge in [0.25, 0.3) is 0 Å². The molecule has 110 valence electrons. The van der Waals surface area contributed by atoms with E-state index in [-0.39, 0.29) is 13.0 Å². The summed E-state index contributed by atoms with van der Waals surface area (Å²) in [7, 11) is 0. The number of nitrogen functional groups attached to an aromatic ring is 1. The third-order valence-corrected chi connectivity index (χ3v) is 2.98. The first-order valence-electron chi connectivity index (χ1n) is 6.48. The molecule has 0 saturated carbocycles. The summed E-state index contributed by atoms with van der Waals surface area (Å²) in [6, 6.07) is 10.6. The van der Waals surface area contributed by atoms with Gasteiger partial charge in [0.2, 0.25) is 0 Å². The summed E-state index contributed by atoms with van der Waals surface area (Å²) in [6.07, 6.45) is 0.754. The Balaban J connectivity index is 1.79. The molecule has 0 aromatic heterocycles. The van der Waals surface area contributed by atoms with E-state index in [1.807, 2.05) is 12.1 Å². The van der Waals surface area contributed by atoms with Gasteiger partial charge in [0, 0.05) is 12.1 Å². The molecule has 21 heavy (non-hydrogen) atoms. The van der Waals surface area contributed by atoms with Crippen LogP contribution >= 0.6 is 0 Å². The third-order valence-electron chi connectivity index (χ3n) is 2.98. The Morgan fingerprint density at radius 3 is 2.33 bits per heavy atom. The molecule has 2 aromatic carbocycles. The van der Waals surface area contributed by atoms with Crippen molar-refractivity contribution in [1.82, 2.24) is 0 Å². The molecule has 0 radical (unpaired) electrons. The van der Waals surface area contributed by atoms with E-state index in [0.717, 1.165) is 17.7 Å². The van der Waals surface area contributed by atoms with Crippen LogP contribution in [0.4, 0.5) is 14.5 Å². The number of carbonyl (C=O) groups is 1. The molecule has 0 heterocycles. The first-order chi connectivity index (χ1) is 10.0. The van der Waals surface area contributed by atoms with Crippen LogP contribution in [0.25, 0.3) is 0 Å². The molecule has 0 saturated heterocycles. The topological polar surface area (TPSA) is 52.3 Å². The molecule has 0 aliphatic heterocycles. The minimum atomic E-state index is -0.953. The maximum Gasteiger partial charge on any atom is 0.306 e. The first kappa shape index (κ1) is 15.0. The van der Waals surface area contributed by atoms with Crippen LogP contribution in [-0.4, -0.2) is 5.97 Å². The van der Waals surface area contributed by atoms with Crippen molar-refractivity contribution >= 4 is 11.7 Å². The van der Waals surface area contributed by atoms with Crippen LogP contribution in [0, 0.1) is 11.6 Å². The molecule has 0 atom stereocenters. The van der Waals surface area contributed by atoms with Crippen LogP contribution in [0.2, 0.25) is 0 Å². The summed E-state index contributed by atoms with van der Waals surface area (Å²) in [5, 5.41) is 0. The minimum absolute atomic E-state index is 0.0717. The number of anilines is 1. The molecule has 2 N–H and O–H groups in total. The average molecular weight is 291 g/mol. The van der Waals surface area contributed by atoms with Crippen molar-refractivity contribution in [1.29, 1.82) is 0 Å². The summed E-state index contributed by atoms with van der Waals surface area (Å²) in [5.74, 6) is -2.27. The second-order valence-electron chi connectivity index (χ2n) is 4.65. The standard InChI is InChI=1S/C16H15F2NO2/c17-14-7-3-12(9-15(14)18)10-21-16(20)8-4-11-1-5-13(19)6-2-11/h1-3,5-7,9H,4,8,10,19H2. The van der Waals surface area contributed by atoms with Crippen LogP contribution in [0.5, 0.6) is 0 Å². The highest BCUT2D eigenvalue weighted by atomic mass is 19.2. The molecule has 2 rings (SSSR count). The van der Waals surface area contributed by atoms with Gasteiger partial charge in [-0.15, -0.1) is 0 Å². The van der Waals surface area contributed by atoms with Crippen LogP contribution in [0.15, 0.2) is 42.5 Å². The quantitative estimate of drug-likeness (QED) is 0.679. The number of hydrogen-bond acceptors (Lipinski definition) is 3. The molecule has 0 amide bonds. The van der Waals surface area contributed by atoms with Crippen molar-refractivity contribution in [3.05, 3.63) is 65.2 Å². The first-order valence-corrected chi connectivity index (χ1v) is 6.48. The van der Waals surface area contributed by atoms with E-state index >= 15 is 0 Å². The van der Waals surface area contributed by atoms with Gasteiger partial charge in [-0.1, -0.05) is 18.2 Å². The lowest BCUT2D eigenvalue weighted by Gasteiger charge is -2.06. The number of halogens is 2. The van der Waals surface area contributed by atoms with Crippen LogP contribution in [0.1, 0.15) is 17.5 Å². The maximum atomic E-state index is 13.0. The van der Waals surface area contributed by atoms with Crippen molar-refractivity contribution in [3.63, 3.8) is 0 Å². The number of hydrogen-bond donors (Lipinski definition) is 1. The fraction of sp³-hybridized carbons (Fsp3) is 0.188. The summed E-state index contributed by atoms with van der Waals surface area (Å²) < 4.78 is 30.7. The Labute approximate surface area is 121 Å². The largest absolute Gasteiger partial charge is 0.461 e. The van der Waals surface area contributed by atoms with Gasteiger partial charge < -0.3 is 10.5 Å². The zero-order chi connectivity index (χ0) is 15.2. The van der Waals surface area contributed by atoms with Gasteiger partial charge in [-0.25, -0.2) is 8.78 Å². The van der Waals surface area contributed by atoms with Crippen molar-refractivity contribution < 1.29 is 18.3 Å². The highest BCUT2D eigenvalue weighted by Crippen LogP contribution is 2.11. The predicted octanol–water partition coefficient (Wildman–Crippen LogP) is 3.22. The summed E-state index contributed by atoms with van der Waals surface area (Å²) in [6.45, 7) is -0.0717. The van der Waals surface area contributed by atoms with Crippen LogP contribution in [-0.2, 0) is 22.6 Å². The summed E-state index contributed by atoms with van der Waals surface area (Å²) >= 11 is 0. The van der Waals surface area contributed by atoms with E-state index in [1.165, 1.54) is 6.07 Å². The fourth-order valence-corrected chi connectivity index (χ4v) is 1.80. The molecule has 0 spiro atoms. The average Bonchev–Trinajstić information content (AvgIpc) is 2.48. The number of esters is 1. The Kier molecular flexibility index (Phi) is 4.87. The zero-order valence-electron chi connectivity index (χ0n) is 11.3. The van der Waals surface area contributed by atoms with Gasteiger partial charge in [-0.2, -0.15) is 0 Å². The summed E-state index contributed by atoms with van der Waals surface area (Å²) in [4.78, 5) is 11.6. The number of carbonyl (C=O) groups excluding carboxylic acids is 1.